The summed E-state index contributed by atoms with van der Waals surface area (Å²) in [5.74, 6) is 8.75. The van der Waals surface area contributed by atoms with Crippen molar-refractivity contribution in [1.29, 1.82) is 0 Å². The summed E-state index contributed by atoms with van der Waals surface area (Å²) in [5, 5.41) is 13.0. The van der Waals surface area contributed by atoms with Crippen LogP contribution < -0.4 is 0 Å². The molecule has 0 radical (unpaired) electrons. The fourth-order valence-electron chi connectivity index (χ4n) is 4.44. The van der Waals surface area contributed by atoms with Gasteiger partial charge in [-0.05, 0) is 31.6 Å². The molecule has 3 unspecified atom stereocenters. The lowest BCUT2D eigenvalue weighted by Gasteiger charge is -2.43. The molecule has 2 bridgehead atoms. The molecule has 0 aromatic heterocycles. The van der Waals surface area contributed by atoms with Crippen LogP contribution in [0.4, 0.5) is 0 Å². The van der Waals surface area contributed by atoms with E-state index in [2.05, 4.69) is 30.8 Å². The molecular formula is C14H19NO. The van der Waals surface area contributed by atoms with Gasteiger partial charge in [-0.2, -0.15) is 0 Å². The highest BCUT2D eigenvalue weighted by Gasteiger charge is 2.59. The predicted octanol–water partition coefficient (Wildman–Crippen LogP) is 2.91. The van der Waals surface area contributed by atoms with E-state index in [0.29, 0.717) is 17.8 Å². The zero-order valence-corrected chi connectivity index (χ0v) is 10.0. The van der Waals surface area contributed by atoms with E-state index < -0.39 is 0 Å². The van der Waals surface area contributed by atoms with E-state index in [-0.39, 0.29) is 5.41 Å². The van der Waals surface area contributed by atoms with Crippen molar-refractivity contribution in [2.45, 2.75) is 39.5 Å². The molecule has 2 heteroatoms. The maximum atomic E-state index is 9.35. The van der Waals surface area contributed by atoms with E-state index in [9.17, 15) is 5.21 Å². The molecule has 2 nitrogen and oxygen atoms in total. The molecule has 2 fully saturated rings. The van der Waals surface area contributed by atoms with Gasteiger partial charge >= 0.3 is 0 Å². The molecule has 1 N–H and O–H groups in total. The summed E-state index contributed by atoms with van der Waals surface area (Å²) in [5.41, 5.74) is 1.19. The van der Waals surface area contributed by atoms with Crippen molar-refractivity contribution in [3.8, 4) is 11.8 Å². The van der Waals surface area contributed by atoms with Gasteiger partial charge in [-0.15, -0.1) is 0 Å². The molecule has 0 aliphatic heterocycles. The normalized spacial score (nSPS) is 52.0. The van der Waals surface area contributed by atoms with Gasteiger partial charge in [0.1, 0.15) is 0 Å². The lowest BCUT2D eigenvalue weighted by atomic mass is 9.59. The summed E-state index contributed by atoms with van der Waals surface area (Å²) in [6.07, 6.45) is 4.86. The van der Waals surface area contributed by atoms with E-state index in [0.717, 1.165) is 18.1 Å². The fraction of sp³-hybridized carbons (Fsp3) is 0.786. The van der Waals surface area contributed by atoms with Crippen LogP contribution in [0, 0.1) is 40.9 Å². The Morgan fingerprint density at radius 3 is 2.88 bits per heavy atom. The minimum atomic E-state index is 0.113. The highest BCUT2D eigenvalue weighted by Crippen LogP contribution is 2.60. The Hall–Kier alpha value is -0.970. The summed E-state index contributed by atoms with van der Waals surface area (Å²) in [6.45, 7) is 4.41. The van der Waals surface area contributed by atoms with Gasteiger partial charge in [0.15, 0.2) is 0 Å². The molecule has 3 aliphatic carbocycles. The van der Waals surface area contributed by atoms with Crippen LogP contribution in [-0.4, -0.2) is 10.9 Å². The first-order valence-electron chi connectivity index (χ1n) is 6.42. The van der Waals surface area contributed by atoms with Gasteiger partial charge in [0, 0.05) is 23.2 Å². The molecule has 16 heavy (non-hydrogen) atoms. The molecule has 3 aliphatic rings. The Kier molecular flexibility index (Phi) is 2.08. The summed E-state index contributed by atoms with van der Waals surface area (Å²) in [6, 6.07) is 0. The number of fused-ring (bicyclic) bond motifs is 3. The Balaban J connectivity index is 2.08. The smallest absolute Gasteiger partial charge is 0.0678 e. The van der Waals surface area contributed by atoms with Crippen molar-refractivity contribution in [3.05, 3.63) is 0 Å². The fourth-order valence-corrected chi connectivity index (χ4v) is 4.44. The maximum Gasteiger partial charge on any atom is 0.0678 e. The van der Waals surface area contributed by atoms with Crippen LogP contribution in [0.3, 0.4) is 0 Å². The third-order valence-electron chi connectivity index (χ3n) is 5.10. The molecule has 2 saturated carbocycles. The molecule has 0 aromatic rings. The van der Waals surface area contributed by atoms with Crippen LogP contribution in [-0.2, 0) is 0 Å². The lowest BCUT2D eigenvalue weighted by molar-refractivity contribution is 0.170. The predicted molar refractivity (Wildman–Crippen MR) is 63.2 cm³/mol. The second-order valence-electron chi connectivity index (χ2n) is 5.85. The zero-order valence-electron chi connectivity index (χ0n) is 10.0. The molecule has 86 valence electrons. The molecule has 5 atom stereocenters. The topological polar surface area (TPSA) is 32.6 Å². The van der Waals surface area contributed by atoms with E-state index in [1.165, 1.54) is 19.3 Å². The minimum Gasteiger partial charge on any atom is -0.411 e. The lowest BCUT2D eigenvalue weighted by Crippen LogP contribution is -2.44. The van der Waals surface area contributed by atoms with Gasteiger partial charge in [-0.1, -0.05) is 30.8 Å². The van der Waals surface area contributed by atoms with Gasteiger partial charge < -0.3 is 5.21 Å². The number of hydrogen-bond acceptors (Lipinski definition) is 2. The summed E-state index contributed by atoms with van der Waals surface area (Å²) >= 11 is 0. The third kappa shape index (κ3) is 1.07. The molecule has 0 aromatic carbocycles. The largest absolute Gasteiger partial charge is 0.411 e. The first-order valence-corrected chi connectivity index (χ1v) is 6.42. The van der Waals surface area contributed by atoms with Gasteiger partial charge in [0.05, 0.1) is 5.71 Å². The van der Waals surface area contributed by atoms with Crippen molar-refractivity contribution in [2.75, 3.05) is 0 Å². The van der Waals surface area contributed by atoms with Crippen molar-refractivity contribution in [1.82, 2.24) is 0 Å². The molecular weight excluding hydrogens is 198 g/mol. The number of oxime groups is 1. The second kappa shape index (κ2) is 3.26. The first-order chi connectivity index (χ1) is 7.68. The monoisotopic (exact) mass is 217 g/mol. The van der Waals surface area contributed by atoms with E-state index in [1.54, 1.807) is 0 Å². The van der Waals surface area contributed by atoms with Crippen molar-refractivity contribution in [2.24, 2.45) is 34.2 Å². The van der Waals surface area contributed by atoms with Crippen molar-refractivity contribution in [3.63, 3.8) is 0 Å². The summed E-state index contributed by atoms with van der Waals surface area (Å²) < 4.78 is 0. The maximum absolute atomic E-state index is 9.35. The van der Waals surface area contributed by atoms with Crippen LogP contribution in [0.25, 0.3) is 0 Å². The second-order valence-corrected chi connectivity index (χ2v) is 5.85. The third-order valence-corrected chi connectivity index (χ3v) is 5.10. The SMILES string of the molecule is CC1C#CC(C)C2(C1)/C(=N\O)[C@@H]1CC[C@H]2C1. The van der Waals surface area contributed by atoms with Gasteiger partial charge in [-0.3, -0.25) is 0 Å². The Labute approximate surface area is 97.1 Å². The van der Waals surface area contributed by atoms with Crippen LogP contribution in [0.15, 0.2) is 5.16 Å². The average Bonchev–Trinajstić information content (AvgIpc) is 2.83. The summed E-state index contributed by atoms with van der Waals surface area (Å²) in [7, 11) is 0. The van der Waals surface area contributed by atoms with E-state index in [1.807, 2.05) is 0 Å². The Bertz CT molecular complexity index is 403. The van der Waals surface area contributed by atoms with Gasteiger partial charge in [0.25, 0.3) is 0 Å². The number of rotatable bonds is 0. The summed E-state index contributed by atoms with van der Waals surface area (Å²) in [4.78, 5) is 0. The van der Waals surface area contributed by atoms with Gasteiger partial charge in [-0.25, -0.2) is 0 Å². The number of nitrogens with zero attached hydrogens (tertiary/aromatic N) is 1. The Morgan fingerprint density at radius 2 is 2.12 bits per heavy atom. The molecule has 0 heterocycles. The van der Waals surface area contributed by atoms with Crippen molar-refractivity contribution >= 4 is 5.71 Å². The van der Waals surface area contributed by atoms with Gasteiger partial charge in [0.2, 0.25) is 0 Å². The highest BCUT2D eigenvalue weighted by atomic mass is 16.4. The van der Waals surface area contributed by atoms with Crippen LogP contribution in [0.1, 0.15) is 39.5 Å². The van der Waals surface area contributed by atoms with Crippen LogP contribution in [0.5, 0.6) is 0 Å². The average molecular weight is 217 g/mol. The standard InChI is InChI=1S/C14H19NO/c1-9-3-4-10(2)14(8-9)12-6-5-11(7-12)13(14)15-16/h9-12,16H,5-8H2,1-2H3/b15-13-/t9?,10?,11-,12+,14?/m1/s1. The van der Waals surface area contributed by atoms with E-state index in [4.69, 9.17) is 0 Å². The zero-order chi connectivity index (χ0) is 11.3. The quantitative estimate of drug-likeness (QED) is 0.378. The van der Waals surface area contributed by atoms with E-state index >= 15 is 0 Å². The molecule has 1 spiro atoms. The molecule has 0 saturated heterocycles. The van der Waals surface area contributed by atoms with Crippen LogP contribution >= 0.6 is 0 Å². The number of hydrogen-bond donors (Lipinski definition) is 1. The van der Waals surface area contributed by atoms with Crippen molar-refractivity contribution < 1.29 is 5.21 Å². The molecule has 3 rings (SSSR count). The van der Waals surface area contributed by atoms with Crippen LogP contribution in [0.2, 0.25) is 0 Å². The minimum absolute atomic E-state index is 0.113. The Morgan fingerprint density at radius 1 is 1.31 bits per heavy atom. The highest BCUT2D eigenvalue weighted by molar-refractivity contribution is 5.96. The molecule has 0 amide bonds. The first kappa shape index (κ1) is 10.2.